The van der Waals surface area contributed by atoms with Crippen LogP contribution in [-0.2, 0) is 9.53 Å². The molecule has 0 bridgehead atoms. The molecule has 6 nitrogen and oxygen atoms in total. The smallest absolute Gasteiger partial charge is 0.338 e. The van der Waals surface area contributed by atoms with E-state index in [4.69, 9.17) is 4.74 Å². The van der Waals surface area contributed by atoms with Crippen LogP contribution in [0.2, 0.25) is 0 Å². The second kappa shape index (κ2) is 6.96. The van der Waals surface area contributed by atoms with E-state index in [-0.39, 0.29) is 6.61 Å². The number of carbonyl (C=O) groups excluding carboxylic acids is 1. The Bertz CT molecular complexity index is 839. The summed E-state index contributed by atoms with van der Waals surface area (Å²) in [6.45, 7) is 5.50. The molecule has 3 rings (SSSR count). The molecule has 0 radical (unpaired) electrons. The molecule has 0 amide bonds. The Morgan fingerprint density at radius 1 is 1.40 bits per heavy atom. The number of pyridine rings is 1. The third-order valence-corrected chi connectivity index (χ3v) is 4.04. The minimum atomic E-state index is -0.619. The molecule has 0 saturated heterocycles. The van der Waals surface area contributed by atoms with Crippen LogP contribution in [-0.4, -0.2) is 29.1 Å². The number of hydrogen-bond donors (Lipinski definition) is 1. The van der Waals surface area contributed by atoms with Gasteiger partial charge in [-0.25, -0.2) is 9.78 Å². The van der Waals surface area contributed by atoms with E-state index in [0.717, 1.165) is 5.71 Å². The largest absolute Gasteiger partial charge is 0.463 e. The van der Waals surface area contributed by atoms with Crippen LogP contribution in [0.1, 0.15) is 37.6 Å². The highest BCUT2D eigenvalue weighted by Crippen LogP contribution is 2.33. The first-order valence-electron chi connectivity index (χ1n) is 8.09. The zero-order valence-corrected chi connectivity index (χ0v) is 14.3. The minimum Gasteiger partial charge on any atom is -0.463 e. The van der Waals surface area contributed by atoms with E-state index >= 15 is 0 Å². The summed E-state index contributed by atoms with van der Waals surface area (Å²) in [4.78, 5) is 25.3. The molecule has 1 unspecified atom stereocenters. The number of allylic oxidation sites excluding steroid dienone is 2. The number of aryl methyl sites for hydroxylation is 1. The van der Waals surface area contributed by atoms with Crippen LogP contribution in [0.5, 0.6) is 0 Å². The Morgan fingerprint density at radius 3 is 2.84 bits per heavy atom. The lowest BCUT2D eigenvalue weighted by Crippen LogP contribution is -2.36. The summed E-state index contributed by atoms with van der Waals surface area (Å²) in [5.41, 5.74) is 2.98. The normalized spacial score (nSPS) is 19.4. The Kier molecular flexibility index (Phi) is 4.74. The average Bonchev–Trinajstić information content (AvgIpc) is 3.08. The number of nitrogens with one attached hydrogen (secondary N) is 1. The number of rotatable bonds is 4. The van der Waals surface area contributed by atoms with Gasteiger partial charge in [0.1, 0.15) is 11.9 Å². The van der Waals surface area contributed by atoms with Gasteiger partial charge in [0.25, 0.3) is 0 Å². The molecule has 0 aromatic carbocycles. The summed E-state index contributed by atoms with van der Waals surface area (Å²) in [6.07, 6.45) is 4.32. The molecular formula is C18H19FN4O2. The fraction of sp³-hybridized carbons (Fsp3) is 0.333. The zero-order chi connectivity index (χ0) is 18.0. The van der Waals surface area contributed by atoms with Crippen LogP contribution < -0.4 is 5.32 Å². The average molecular weight is 342 g/mol. The lowest BCUT2D eigenvalue weighted by Gasteiger charge is -2.26. The lowest BCUT2D eigenvalue weighted by molar-refractivity contribution is -0.138. The molecule has 2 aliphatic heterocycles. The quantitative estimate of drug-likeness (QED) is 0.674. The predicted molar refractivity (Wildman–Crippen MR) is 92.8 cm³/mol. The molecule has 1 N–H and O–H groups in total. The molecule has 130 valence electrons. The fourth-order valence-corrected chi connectivity index (χ4v) is 2.87. The summed E-state index contributed by atoms with van der Waals surface area (Å²) < 4.78 is 18.6. The number of aliphatic imine (C=N–C) groups is 2. The van der Waals surface area contributed by atoms with Gasteiger partial charge in [0.05, 0.1) is 17.9 Å². The zero-order valence-electron chi connectivity index (χ0n) is 14.3. The van der Waals surface area contributed by atoms with Gasteiger partial charge >= 0.3 is 5.97 Å². The van der Waals surface area contributed by atoms with Crippen molar-refractivity contribution in [2.24, 2.45) is 9.98 Å². The molecule has 7 heteroatoms. The van der Waals surface area contributed by atoms with Gasteiger partial charge in [0.15, 0.2) is 0 Å². The molecule has 0 spiro atoms. The van der Waals surface area contributed by atoms with Gasteiger partial charge in [-0.2, -0.15) is 4.39 Å². The Hall–Kier alpha value is -2.83. The summed E-state index contributed by atoms with van der Waals surface area (Å²) >= 11 is 0. The van der Waals surface area contributed by atoms with Gasteiger partial charge in [-0.3, -0.25) is 9.98 Å². The first-order chi connectivity index (χ1) is 12.0. The van der Waals surface area contributed by atoms with Crippen molar-refractivity contribution in [1.82, 2.24) is 10.3 Å². The van der Waals surface area contributed by atoms with Gasteiger partial charge in [0, 0.05) is 29.6 Å². The van der Waals surface area contributed by atoms with Gasteiger partial charge < -0.3 is 10.1 Å². The van der Waals surface area contributed by atoms with E-state index in [1.807, 2.05) is 6.08 Å². The maximum absolute atomic E-state index is 13.4. The molecule has 0 fully saturated rings. The summed E-state index contributed by atoms with van der Waals surface area (Å²) in [5.74, 6) is -0.415. The van der Waals surface area contributed by atoms with Crippen molar-refractivity contribution in [2.75, 3.05) is 6.61 Å². The second-order valence-electron chi connectivity index (χ2n) is 5.74. The van der Waals surface area contributed by atoms with E-state index in [2.05, 4.69) is 20.3 Å². The minimum absolute atomic E-state index is 0.260. The van der Waals surface area contributed by atoms with Crippen molar-refractivity contribution in [2.45, 2.75) is 33.2 Å². The van der Waals surface area contributed by atoms with Crippen LogP contribution in [0.4, 0.5) is 4.39 Å². The van der Waals surface area contributed by atoms with Gasteiger partial charge in [-0.1, -0.05) is 12.1 Å². The summed E-state index contributed by atoms with van der Waals surface area (Å²) in [5, 5.41) is 3.14. The molecule has 1 aromatic heterocycles. The number of halogens is 1. The number of nitrogens with zero attached hydrogens (tertiary/aromatic N) is 3. The molecule has 0 aliphatic carbocycles. The maximum Gasteiger partial charge on any atom is 0.338 e. The topological polar surface area (TPSA) is 75.9 Å². The molecule has 2 aliphatic rings. The van der Waals surface area contributed by atoms with Crippen molar-refractivity contribution in [3.63, 3.8) is 0 Å². The van der Waals surface area contributed by atoms with Crippen molar-refractivity contribution in [3.8, 4) is 0 Å². The summed E-state index contributed by atoms with van der Waals surface area (Å²) in [7, 11) is 0. The summed E-state index contributed by atoms with van der Waals surface area (Å²) in [6, 6.07) is 2.26. The SMILES string of the molecule is CCOC(=O)C1=C(C)NC(C2=NC=CC2)=NC1c1ccc(F)nc1C. The van der Waals surface area contributed by atoms with Crippen molar-refractivity contribution in [3.05, 3.63) is 52.9 Å². The predicted octanol–water partition coefficient (Wildman–Crippen LogP) is 2.77. The number of esters is 1. The van der Waals surface area contributed by atoms with Crippen LogP contribution in [0.3, 0.4) is 0 Å². The molecule has 3 heterocycles. The van der Waals surface area contributed by atoms with Gasteiger partial charge in [-0.15, -0.1) is 0 Å². The monoisotopic (exact) mass is 342 g/mol. The van der Waals surface area contributed by atoms with Crippen molar-refractivity contribution < 1.29 is 13.9 Å². The molecule has 0 saturated carbocycles. The fourth-order valence-electron chi connectivity index (χ4n) is 2.87. The highest BCUT2D eigenvalue weighted by molar-refractivity contribution is 6.43. The molecule has 1 atom stereocenters. The molecular weight excluding hydrogens is 323 g/mol. The van der Waals surface area contributed by atoms with E-state index in [1.165, 1.54) is 6.07 Å². The van der Waals surface area contributed by atoms with Gasteiger partial charge in [-0.05, 0) is 26.8 Å². The van der Waals surface area contributed by atoms with Crippen molar-refractivity contribution in [1.29, 1.82) is 0 Å². The van der Waals surface area contributed by atoms with Crippen molar-refractivity contribution >= 4 is 17.5 Å². The standard InChI is InChI=1S/C18H19FN4O2/c1-4-25-18(24)15-11(3)22-17(13-6-5-9-20-13)23-16(15)12-7-8-14(19)21-10(12)2/h5,7-9,16H,4,6H2,1-3H3,(H,22,23). The van der Waals surface area contributed by atoms with E-state index in [1.54, 1.807) is 33.0 Å². The number of ether oxygens (including phenoxy) is 1. The Labute approximate surface area is 145 Å². The van der Waals surface area contributed by atoms with Crippen LogP contribution in [0, 0.1) is 12.9 Å². The number of hydrogen-bond acceptors (Lipinski definition) is 6. The Morgan fingerprint density at radius 2 is 2.20 bits per heavy atom. The first-order valence-corrected chi connectivity index (χ1v) is 8.09. The highest BCUT2D eigenvalue weighted by Gasteiger charge is 2.32. The molecule has 25 heavy (non-hydrogen) atoms. The van der Waals surface area contributed by atoms with E-state index < -0.39 is 18.0 Å². The number of aromatic nitrogens is 1. The molecule has 1 aromatic rings. The van der Waals surface area contributed by atoms with Crippen LogP contribution in [0.25, 0.3) is 0 Å². The second-order valence-corrected chi connectivity index (χ2v) is 5.74. The first kappa shape index (κ1) is 17.0. The van der Waals surface area contributed by atoms with E-state index in [0.29, 0.717) is 34.8 Å². The number of amidine groups is 1. The maximum atomic E-state index is 13.4. The number of carbonyl (C=O) groups is 1. The third kappa shape index (κ3) is 3.35. The Balaban J connectivity index is 2.08. The lowest BCUT2D eigenvalue weighted by atomic mass is 9.94. The highest BCUT2D eigenvalue weighted by atomic mass is 19.1. The van der Waals surface area contributed by atoms with Crippen LogP contribution in [0.15, 0.2) is 45.7 Å². The van der Waals surface area contributed by atoms with Gasteiger partial charge in [0.2, 0.25) is 5.95 Å². The third-order valence-electron chi connectivity index (χ3n) is 4.04. The van der Waals surface area contributed by atoms with Crippen LogP contribution >= 0.6 is 0 Å². The van der Waals surface area contributed by atoms with E-state index in [9.17, 15) is 9.18 Å².